The van der Waals surface area contributed by atoms with E-state index in [2.05, 4.69) is 20.0 Å². The molecule has 0 radical (unpaired) electrons. The second kappa shape index (κ2) is 4.42. The second-order valence-electron chi connectivity index (χ2n) is 2.59. The lowest BCUT2D eigenvalue weighted by molar-refractivity contribution is -0.119. The van der Waals surface area contributed by atoms with Crippen LogP contribution in [0.5, 0.6) is 11.8 Å². The Labute approximate surface area is 84.7 Å². The number of carbonyl (C=O) groups excluding carboxylic acids is 1. The Hall–Kier alpha value is -2.09. The summed E-state index contributed by atoms with van der Waals surface area (Å²) in [6, 6.07) is 0. The number of nitrogens with zero attached hydrogens (tertiary/aromatic N) is 2. The molecular formula is C7H10N4O4. The van der Waals surface area contributed by atoms with Crippen molar-refractivity contribution < 1.29 is 19.7 Å². The predicted octanol–water partition coefficient (Wildman–Crippen LogP) is -0.945. The summed E-state index contributed by atoms with van der Waals surface area (Å²) in [5, 5.41) is 20.6. The van der Waals surface area contributed by atoms with E-state index >= 15 is 0 Å². The Morgan fingerprint density at radius 1 is 1.47 bits per heavy atom. The predicted molar refractivity (Wildman–Crippen MR) is 50.3 cm³/mol. The number of aromatic hydroxyl groups is 2. The maximum absolute atomic E-state index is 11.1. The third kappa shape index (κ3) is 2.68. The summed E-state index contributed by atoms with van der Waals surface area (Å²) >= 11 is 0. The van der Waals surface area contributed by atoms with Gasteiger partial charge in [-0.2, -0.15) is 9.97 Å². The number of carbonyl (C=O) groups is 1. The first kappa shape index (κ1) is 11.0. The van der Waals surface area contributed by atoms with Crippen molar-refractivity contribution in [1.29, 1.82) is 0 Å². The van der Waals surface area contributed by atoms with Crippen molar-refractivity contribution in [1.82, 2.24) is 9.97 Å². The van der Waals surface area contributed by atoms with E-state index < -0.39 is 17.7 Å². The molecule has 0 aliphatic heterocycles. The number of nitrogens with one attached hydrogen (secondary N) is 1. The Kier molecular flexibility index (Phi) is 3.24. The minimum atomic E-state index is -0.607. The van der Waals surface area contributed by atoms with Crippen LogP contribution in [0.4, 0.5) is 11.6 Å². The number of methoxy groups -OCH3 is 1. The molecule has 0 aliphatic carbocycles. The van der Waals surface area contributed by atoms with Crippen molar-refractivity contribution in [2.24, 2.45) is 0 Å². The number of hydrogen-bond donors (Lipinski definition) is 4. The van der Waals surface area contributed by atoms with E-state index in [0.717, 1.165) is 0 Å². The topological polar surface area (TPSA) is 131 Å². The normalized spacial score (nSPS) is 9.93. The zero-order valence-electron chi connectivity index (χ0n) is 7.89. The average molecular weight is 214 g/mol. The number of aromatic nitrogens is 2. The number of rotatable bonds is 3. The Bertz CT molecular complexity index is 358. The molecule has 5 N–H and O–H groups in total. The van der Waals surface area contributed by atoms with E-state index in [-0.39, 0.29) is 18.2 Å². The van der Waals surface area contributed by atoms with E-state index in [0.29, 0.717) is 0 Å². The highest BCUT2D eigenvalue weighted by Crippen LogP contribution is 2.29. The number of nitrogen functional groups attached to an aromatic ring is 1. The van der Waals surface area contributed by atoms with Crippen molar-refractivity contribution >= 4 is 17.5 Å². The summed E-state index contributed by atoms with van der Waals surface area (Å²) < 4.78 is 4.54. The molecule has 1 heterocycles. The van der Waals surface area contributed by atoms with Crippen LogP contribution in [0.3, 0.4) is 0 Å². The minimum absolute atomic E-state index is 0.219. The summed E-state index contributed by atoms with van der Waals surface area (Å²) in [6.07, 6.45) is 0. The molecule has 1 aromatic heterocycles. The third-order valence-electron chi connectivity index (χ3n) is 1.43. The maximum Gasteiger partial charge on any atom is 0.250 e. The van der Waals surface area contributed by atoms with Crippen LogP contribution in [0.2, 0.25) is 0 Å². The lowest BCUT2D eigenvalue weighted by Crippen LogP contribution is -2.18. The molecule has 0 saturated carbocycles. The fraction of sp³-hybridized carbons (Fsp3) is 0.286. The van der Waals surface area contributed by atoms with Gasteiger partial charge in [-0.3, -0.25) is 4.79 Å². The van der Waals surface area contributed by atoms with Gasteiger partial charge in [0, 0.05) is 7.11 Å². The van der Waals surface area contributed by atoms with Crippen molar-refractivity contribution in [3.05, 3.63) is 0 Å². The molecule has 15 heavy (non-hydrogen) atoms. The molecular weight excluding hydrogens is 204 g/mol. The molecule has 8 nitrogen and oxygen atoms in total. The number of ether oxygens (including phenoxy) is 1. The van der Waals surface area contributed by atoms with Crippen LogP contribution in [0.25, 0.3) is 0 Å². The van der Waals surface area contributed by atoms with Gasteiger partial charge in [0.2, 0.25) is 17.7 Å². The Morgan fingerprint density at radius 2 is 2.00 bits per heavy atom. The summed E-state index contributed by atoms with van der Waals surface area (Å²) in [7, 11) is 1.33. The highest BCUT2D eigenvalue weighted by molar-refractivity contribution is 5.94. The van der Waals surface area contributed by atoms with Gasteiger partial charge in [0.1, 0.15) is 6.61 Å². The Balaban J connectivity index is 2.90. The zero-order valence-corrected chi connectivity index (χ0v) is 7.89. The van der Waals surface area contributed by atoms with Crippen LogP contribution in [0.1, 0.15) is 0 Å². The van der Waals surface area contributed by atoms with Crippen molar-refractivity contribution in [2.45, 2.75) is 0 Å². The summed E-state index contributed by atoms with van der Waals surface area (Å²) in [5.74, 6) is -2.07. The van der Waals surface area contributed by atoms with Gasteiger partial charge in [-0.1, -0.05) is 0 Å². The Morgan fingerprint density at radius 3 is 2.47 bits per heavy atom. The molecule has 0 bridgehead atoms. The fourth-order valence-electron chi connectivity index (χ4n) is 0.872. The first-order valence-corrected chi connectivity index (χ1v) is 3.88. The highest BCUT2D eigenvalue weighted by Gasteiger charge is 2.14. The van der Waals surface area contributed by atoms with E-state index in [4.69, 9.17) is 5.73 Å². The molecule has 0 atom stereocenters. The van der Waals surface area contributed by atoms with Crippen molar-refractivity contribution in [2.75, 3.05) is 24.8 Å². The molecule has 0 unspecified atom stereocenters. The average Bonchev–Trinajstić information content (AvgIpc) is 2.11. The quantitative estimate of drug-likeness (QED) is 0.510. The van der Waals surface area contributed by atoms with Crippen molar-refractivity contribution in [3.8, 4) is 11.8 Å². The number of hydrogen-bond acceptors (Lipinski definition) is 7. The van der Waals surface area contributed by atoms with Gasteiger partial charge < -0.3 is 26.0 Å². The number of amides is 1. The standard InChI is InChI=1S/C7H10N4O4/c1-15-2-3(12)9-4-5(13)10-7(8)11-6(4)14/h2H2,1H3,(H,9,12)(H4,8,10,11,13,14). The molecule has 0 aliphatic rings. The van der Waals surface area contributed by atoms with Crippen LogP contribution >= 0.6 is 0 Å². The van der Waals surface area contributed by atoms with Gasteiger partial charge in [-0.05, 0) is 0 Å². The van der Waals surface area contributed by atoms with Crippen LogP contribution in [-0.4, -0.2) is 39.8 Å². The molecule has 0 saturated heterocycles. The minimum Gasteiger partial charge on any atom is -0.492 e. The third-order valence-corrected chi connectivity index (χ3v) is 1.43. The van der Waals surface area contributed by atoms with E-state index in [1.807, 2.05) is 0 Å². The van der Waals surface area contributed by atoms with Gasteiger partial charge in [0.25, 0.3) is 5.91 Å². The largest absolute Gasteiger partial charge is 0.492 e. The van der Waals surface area contributed by atoms with E-state index in [1.54, 1.807) is 0 Å². The molecule has 8 heteroatoms. The smallest absolute Gasteiger partial charge is 0.250 e. The van der Waals surface area contributed by atoms with Crippen LogP contribution < -0.4 is 11.1 Å². The van der Waals surface area contributed by atoms with Crippen LogP contribution in [-0.2, 0) is 9.53 Å². The summed E-state index contributed by atoms with van der Waals surface area (Å²) in [4.78, 5) is 17.8. The summed E-state index contributed by atoms with van der Waals surface area (Å²) in [5.41, 5.74) is 4.84. The van der Waals surface area contributed by atoms with Gasteiger partial charge in [-0.25, -0.2) is 0 Å². The molecule has 0 fully saturated rings. The van der Waals surface area contributed by atoms with Crippen molar-refractivity contribution in [3.63, 3.8) is 0 Å². The highest BCUT2D eigenvalue weighted by atomic mass is 16.5. The fourth-order valence-corrected chi connectivity index (χ4v) is 0.872. The molecule has 1 aromatic rings. The van der Waals surface area contributed by atoms with Crippen LogP contribution in [0.15, 0.2) is 0 Å². The van der Waals surface area contributed by atoms with Gasteiger partial charge in [-0.15, -0.1) is 0 Å². The maximum atomic E-state index is 11.1. The second-order valence-corrected chi connectivity index (χ2v) is 2.59. The SMILES string of the molecule is COCC(=O)Nc1c(O)nc(N)nc1O. The van der Waals surface area contributed by atoms with Gasteiger partial charge >= 0.3 is 0 Å². The van der Waals surface area contributed by atoms with Gasteiger partial charge in [0.05, 0.1) is 0 Å². The molecule has 0 spiro atoms. The lowest BCUT2D eigenvalue weighted by Gasteiger charge is -2.07. The number of nitrogens with two attached hydrogens (primary N) is 1. The van der Waals surface area contributed by atoms with Crippen LogP contribution in [0, 0.1) is 0 Å². The molecule has 82 valence electrons. The molecule has 0 aromatic carbocycles. The zero-order chi connectivity index (χ0) is 11.4. The number of anilines is 2. The monoisotopic (exact) mass is 214 g/mol. The molecule has 1 amide bonds. The lowest BCUT2D eigenvalue weighted by atomic mass is 10.4. The first-order chi connectivity index (χ1) is 7.04. The van der Waals surface area contributed by atoms with E-state index in [1.165, 1.54) is 7.11 Å². The summed E-state index contributed by atoms with van der Waals surface area (Å²) in [6.45, 7) is -0.219. The van der Waals surface area contributed by atoms with Gasteiger partial charge in [0.15, 0.2) is 5.69 Å². The molecule has 1 rings (SSSR count). The first-order valence-electron chi connectivity index (χ1n) is 3.88. The van der Waals surface area contributed by atoms with E-state index in [9.17, 15) is 15.0 Å².